The van der Waals surface area contributed by atoms with Gasteiger partial charge in [0.1, 0.15) is 5.75 Å². The number of nitrogens with one attached hydrogen (secondary N) is 1. The van der Waals surface area contributed by atoms with Crippen LogP contribution in [0.3, 0.4) is 0 Å². The fourth-order valence-corrected chi connectivity index (χ4v) is 2.89. The molecule has 4 aromatic rings. The first-order valence-corrected chi connectivity index (χ1v) is 7.75. The molecule has 3 nitrogen and oxygen atoms in total. The predicted octanol–water partition coefficient (Wildman–Crippen LogP) is 5.81. The summed E-state index contributed by atoms with van der Waals surface area (Å²) in [5.74, 6) is 0.238. The highest BCUT2D eigenvalue weighted by molar-refractivity contribution is 6.33. The second-order valence-corrected chi connectivity index (χ2v) is 5.69. The van der Waals surface area contributed by atoms with Gasteiger partial charge in [-0.15, -0.1) is 0 Å². The summed E-state index contributed by atoms with van der Waals surface area (Å²) in [6, 6.07) is 17.4. The van der Waals surface area contributed by atoms with E-state index in [2.05, 4.69) is 10.2 Å². The van der Waals surface area contributed by atoms with Gasteiger partial charge in [-0.3, -0.25) is 5.10 Å². The first-order chi connectivity index (χ1) is 11.7. The molecule has 1 heterocycles. The van der Waals surface area contributed by atoms with Crippen LogP contribution in [0.5, 0.6) is 11.5 Å². The number of nitrogens with zero attached hydrogens (tertiary/aromatic N) is 1. The van der Waals surface area contributed by atoms with Crippen LogP contribution in [0.15, 0.2) is 66.9 Å². The lowest BCUT2D eigenvalue weighted by atomic mass is 10.0. The van der Waals surface area contributed by atoms with Crippen molar-refractivity contribution in [3.8, 4) is 22.6 Å². The van der Waals surface area contributed by atoms with Gasteiger partial charge in [-0.1, -0.05) is 41.9 Å². The summed E-state index contributed by atoms with van der Waals surface area (Å²) in [4.78, 5) is 0. The van der Waals surface area contributed by atoms with Crippen LogP contribution in [-0.2, 0) is 0 Å². The Labute approximate surface area is 142 Å². The number of ether oxygens (including phenoxy) is 1. The van der Waals surface area contributed by atoms with E-state index < -0.39 is 5.82 Å². The van der Waals surface area contributed by atoms with Crippen LogP contribution in [0.25, 0.3) is 22.0 Å². The fraction of sp³-hybridized carbons (Fsp3) is 0. The third-order valence-electron chi connectivity index (χ3n) is 3.78. The predicted molar refractivity (Wildman–Crippen MR) is 93.0 cm³/mol. The molecule has 0 spiro atoms. The topological polar surface area (TPSA) is 37.9 Å². The monoisotopic (exact) mass is 338 g/mol. The van der Waals surface area contributed by atoms with Crippen LogP contribution in [0, 0.1) is 5.82 Å². The number of aromatic amines is 1. The second-order valence-electron chi connectivity index (χ2n) is 5.29. The van der Waals surface area contributed by atoms with Gasteiger partial charge in [0, 0.05) is 16.0 Å². The molecule has 0 unspecified atom stereocenters. The highest BCUT2D eigenvalue weighted by atomic mass is 35.5. The molecule has 0 saturated heterocycles. The van der Waals surface area contributed by atoms with E-state index in [1.807, 2.05) is 24.3 Å². The Kier molecular flexibility index (Phi) is 3.67. The van der Waals surface area contributed by atoms with E-state index in [4.69, 9.17) is 16.3 Å². The molecule has 1 N–H and O–H groups in total. The van der Waals surface area contributed by atoms with E-state index in [9.17, 15) is 4.39 Å². The third-order valence-corrected chi connectivity index (χ3v) is 4.11. The Morgan fingerprint density at radius 1 is 0.917 bits per heavy atom. The second kappa shape index (κ2) is 5.98. The van der Waals surface area contributed by atoms with Crippen molar-refractivity contribution in [2.45, 2.75) is 0 Å². The Hall–Kier alpha value is -2.85. The van der Waals surface area contributed by atoms with Crippen LogP contribution < -0.4 is 4.74 Å². The van der Waals surface area contributed by atoms with Gasteiger partial charge in [-0.05, 0) is 30.3 Å². The molecule has 118 valence electrons. The normalized spacial score (nSPS) is 10.9. The first-order valence-electron chi connectivity index (χ1n) is 7.37. The number of fused-ring (bicyclic) bond motifs is 1. The third kappa shape index (κ3) is 2.51. The van der Waals surface area contributed by atoms with E-state index in [1.165, 1.54) is 6.07 Å². The number of aromatic nitrogens is 2. The zero-order valence-corrected chi connectivity index (χ0v) is 13.2. The molecule has 0 fully saturated rings. The number of halogens is 2. The molecule has 0 aliphatic heterocycles. The van der Waals surface area contributed by atoms with Crippen molar-refractivity contribution in [1.29, 1.82) is 0 Å². The lowest BCUT2D eigenvalue weighted by molar-refractivity contribution is 0.444. The molecule has 0 atom stereocenters. The SMILES string of the molecule is Fc1ccccc1Oc1ccc2cn[nH]c2c1-c1ccccc1Cl. The highest BCUT2D eigenvalue weighted by Gasteiger charge is 2.16. The molecule has 5 heteroatoms. The smallest absolute Gasteiger partial charge is 0.165 e. The molecule has 3 aromatic carbocycles. The molecular weight excluding hydrogens is 327 g/mol. The zero-order chi connectivity index (χ0) is 16.5. The maximum absolute atomic E-state index is 14.0. The van der Waals surface area contributed by atoms with Crippen molar-refractivity contribution in [2.24, 2.45) is 0 Å². The summed E-state index contributed by atoms with van der Waals surface area (Å²) in [6.07, 6.45) is 1.72. The van der Waals surface area contributed by atoms with E-state index in [0.717, 1.165) is 22.0 Å². The lowest BCUT2D eigenvalue weighted by Crippen LogP contribution is -1.92. The maximum Gasteiger partial charge on any atom is 0.165 e. The fourth-order valence-electron chi connectivity index (χ4n) is 2.66. The lowest BCUT2D eigenvalue weighted by Gasteiger charge is -2.14. The van der Waals surface area contributed by atoms with Gasteiger partial charge in [-0.25, -0.2) is 4.39 Å². The van der Waals surface area contributed by atoms with Crippen LogP contribution in [0.1, 0.15) is 0 Å². The minimum atomic E-state index is -0.424. The van der Waals surface area contributed by atoms with Crippen molar-refractivity contribution in [1.82, 2.24) is 10.2 Å². The number of H-pyrrole nitrogens is 1. The van der Waals surface area contributed by atoms with Gasteiger partial charge in [0.05, 0.1) is 17.3 Å². The van der Waals surface area contributed by atoms with Gasteiger partial charge in [0.2, 0.25) is 0 Å². The van der Waals surface area contributed by atoms with E-state index >= 15 is 0 Å². The van der Waals surface area contributed by atoms with Crippen LogP contribution >= 0.6 is 11.6 Å². The van der Waals surface area contributed by atoms with E-state index in [-0.39, 0.29) is 5.75 Å². The number of hydrogen-bond acceptors (Lipinski definition) is 2. The van der Waals surface area contributed by atoms with Crippen LogP contribution in [-0.4, -0.2) is 10.2 Å². The molecule has 0 radical (unpaired) electrons. The standard InChI is InChI=1S/C19H12ClFN2O/c20-14-6-2-1-5-13(14)18-17(10-9-12-11-22-23-19(12)18)24-16-8-4-3-7-15(16)21/h1-11H,(H,22,23). The Morgan fingerprint density at radius 3 is 2.54 bits per heavy atom. The van der Waals surface area contributed by atoms with Gasteiger partial charge < -0.3 is 4.74 Å². The van der Waals surface area contributed by atoms with Gasteiger partial charge in [-0.2, -0.15) is 5.10 Å². The van der Waals surface area contributed by atoms with Crippen molar-refractivity contribution >= 4 is 22.5 Å². The summed E-state index contributed by atoms with van der Waals surface area (Å²) in [5, 5.41) is 8.56. The van der Waals surface area contributed by atoms with Crippen LogP contribution in [0.2, 0.25) is 5.02 Å². The van der Waals surface area contributed by atoms with E-state index in [1.54, 1.807) is 36.5 Å². The first kappa shape index (κ1) is 14.7. The quantitative estimate of drug-likeness (QED) is 0.511. The summed E-state index contributed by atoms with van der Waals surface area (Å²) < 4.78 is 19.8. The summed E-state index contributed by atoms with van der Waals surface area (Å²) in [7, 11) is 0. The average Bonchev–Trinajstić information content (AvgIpc) is 3.06. The zero-order valence-electron chi connectivity index (χ0n) is 12.5. The largest absolute Gasteiger partial charge is 0.454 e. The van der Waals surface area contributed by atoms with Crippen molar-refractivity contribution in [3.63, 3.8) is 0 Å². The average molecular weight is 339 g/mol. The minimum Gasteiger partial charge on any atom is -0.454 e. The highest BCUT2D eigenvalue weighted by Crippen LogP contribution is 2.41. The molecule has 0 saturated carbocycles. The molecule has 4 rings (SSSR count). The maximum atomic E-state index is 14.0. The number of rotatable bonds is 3. The molecule has 0 amide bonds. The number of benzene rings is 3. The summed E-state index contributed by atoms with van der Waals surface area (Å²) in [6.45, 7) is 0. The molecule has 0 aliphatic rings. The number of hydrogen-bond donors (Lipinski definition) is 1. The van der Waals surface area contributed by atoms with Crippen molar-refractivity contribution in [3.05, 3.63) is 77.7 Å². The Bertz CT molecular complexity index is 1030. The van der Waals surface area contributed by atoms with Crippen molar-refractivity contribution in [2.75, 3.05) is 0 Å². The molecule has 0 bridgehead atoms. The summed E-state index contributed by atoms with van der Waals surface area (Å²) >= 11 is 6.37. The molecule has 1 aromatic heterocycles. The Morgan fingerprint density at radius 2 is 1.71 bits per heavy atom. The summed E-state index contributed by atoms with van der Waals surface area (Å²) in [5.41, 5.74) is 2.33. The molecular formula is C19H12ClFN2O. The molecule has 0 aliphatic carbocycles. The van der Waals surface area contributed by atoms with E-state index in [0.29, 0.717) is 10.8 Å². The van der Waals surface area contributed by atoms with Gasteiger partial charge >= 0.3 is 0 Å². The van der Waals surface area contributed by atoms with Crippen molar-refractivity contribution < 1.29 is 9.13 Å². The van der Waals surface area contributed by atoms with Crippen LogP contribution in [0.4, 0.5) is 4.39 Å². The Balaban J connectivity index is 1.94. The minimum absolute atomic E-state index is 0.157. The van der Waals surface area contributed by atoms with Gasteiger partial charge in [0.25, 0.3) is 0 Å². The number of para-hydroxylation sites is 1. The van der Waals surface area contributed by atoms with Gasteiger partial charge in [0.15, 0.2) is 11.6 Å². The molecule has 24 heavy (non-hydrogen) atoms.